The van der Waals surface area contributed by atoms with Crippen LogP contribution in [0.3, 0.4) is 0 Å². The molecule has 1 N–H and O–H groups in total. The Morgan fingerprint density at radius 2 is 0.518 bits per heavy atom. The monoisotopic (exact) mass is 1520 g/mol. The van der Waals surface area contributed by atoms with E-state index in [2.05, 4.69) is 418 Å². The van der Waals surface area contributed by atoms with Gasteiger partial charge in [-0.05, 0) is 284 Å². The molecular weight excluding hydrogens is 1440 g/mol. The molecule has 0 radical (unpaired) electrons. The minimum Gasteiger partial charge on any atom is -0.356 e. The maximum atomic E-state index is 4.31. The first-order chi connectivity index (χ1) is 55.9. The molecule has 548 valence electrons. The quantitative estimate of drug-likeness (QED) is 0.0833. The Morgan fingerprint density at radius 1 is 0.228 bits per heavy atom. The summed E-state index contributed by atoms with van der Waals surface area (Å²) in [6, 6.07) is 120. The Morgan fingerprint density at radius 3 is 0.886 bits per heavy atom. The van der Waals surface area contributed by atoms with E-state index in [4.69, 9.17) is 0 Å². The van der Waals surface area contributed by atoms with Crippen LogP contribution in [0.4, 0.5) is 131 Å². The molecule has 15 aromatic carbocycles. The van der Waals surface area contributed by atoms with Gasteiger partial charge in [0.15, 0.2) is 0 Å². The fraction of sp³-hybridized carbons (Fsp3) is 0.0909. The predicted octanol–water partition coefficient (Wildman–Crippen LogP) is 21.3. The van der Waals surface area contributed by atoms with Crippen molar-refractivity contribution < 1.29 is 0 Å². The van der Waals surface area contributed by atoms with Gasteiger partial charge in [-0.15, -0.1) is 0 Å². The molecule has 15 aromatic rings. The minimum atomic E-state index is -0.229. The van der Waals surface area contributed by atoms with Crippen LogP contribution in [0.1, 0.15) is 33.4 Å². The molecule has 0 unspecified atom stereocenters. The van der Waals surface area contributed by atoms with Crippen LogP contribution in [0.25, 0.3) is 0 Å². The van der Waals surface area contributed by atoms with E-state index in [-0.39, 0.29) is 20.1 Å². The zero-order valence-electron chi connectivity index (χ0n) is 65.1. The van der Waals surface area contributed by atoms with Crippen LogP contribution in [0.5, 0.6) is 0 Å². The van der Waals surface area contributed by atoms with E-state index in [0.717, 1.165) is 114 Å². The van der Waals surface area contributed by atoms with Crippen molar-refractivity contribution in [2.24, 2.45) is 0 Å². The molecular formula is C99H80B3N9S3. The lowest BCUT2D eigenvalue weighted by molar-refractivity contribution is 1.24. The van der Waals surface area contributed by atoms with E-state index in [1.807, 2.05) is 0 Å². The average molecular weight is 1520 g/mol. The van der Waals surface area contributed by atoms with Crippen LogP contribution < -0.4 is 91.9 Å². The molecule has 0 saturated carbocycles. The predicted molar refractivity (Wildman–Crippen MR) is 498 cm³/mol. The molecule has 0 aromatic heterocycles. The summed E-state index contributed by atoms with van der Waals surface area (Å²) < 4.78 is 7.69. The highest BCUT2D eigenvalue weighted by Crippen LogP contribution is 2.53. The lowest BCUT2D eigenvalue weighted by atomic mass is 9.29. The smallest absolute Gasteiger partial charge is 0.252 e. The summed E-state index contributed by atoms with van der Waals surface area (Å²) in [6.45, 7) is 12.5. The third-order valence-electron chi connectivity index (χ3n) is 24.0. The van der Waals surface area contributed by atoms with Gasteiger partial charge in [-0.25, -0.2) is 0 Å². The molecule has 6 aliphatic heterocycles. The molecule has 0 bridgehead atoms. The number of rotatable bonds is 14. The van der Waals surface area contributed by atoms with Crippen LogP contribution in [0.2, 0.25) is 0 Å². The Labute approximate surface area is 682 Å². The molecule has 6 aliphatic rings. The SMILES string of the molecule is CSN1c2cc3c(cc2B2c4cc5c(cc4N(SC)c4cc(N(c6ccc(C)cc6)c6ccc(C)cc6)cc1c42)N(SC)c1cc(N(c2ccc(C)cc2)c2ccc(C)cc2)cc2c1B5c1ccccc1N2c1ccccc1)B1c2ccccc2N(c2ccccc2)c2cc(N(c4ccc(C)cc4)c4ccc(C)cc4)cc(c21)N3. The van der Waals surface area contributed by atoms with E-state index in [1.54, 1.807) is 35.8 Å². The summed E-state index contributed by atoms with van der Waals surface area (Å²) >= 11 is 5.36. The Bertz CT molecular complexity index is 6220. The number of hydrogen-bond donors (Lipinski definition) is 1. The third kappa shape index (κ3) is 11.1. The first-order valence-electron chi connectivity index (χ1n) is 39.2. The van der Waals surface area contributed by atoms with Gasteiger partial charge in [0.2, 0.25) is 0 Å². The van der Waals surface area contributed by atoms with Gasteiger partial charge < -0.3 is 29.8 Å². The van der Waals surface area contributed by atoms with Crippen molar-refractivity contribution in [2.45, 2.75) is 41.5 Å². The van der Waals surface area contributed by atoms with Crippen molar-refractivity contribution in [3.8, 4) is 0 Å². The van der Waals surface area contributed by atoms with Crippen molar-refractivity contribution in [3.63, 3.8) is 0 Å². The van der Waals surface area contributed by atoms with Gasteiger partial charge >= 0.3 is 0 Å². The largest absolute Gasteiger partial charge is 0.356 e. The number of aryl methyl sites for hydroxylation is 6. The maximum Gasteiger partial charge on any atom is 0.252 e. The van der Waals surface area contributed by atoms with Gasteiger partial charge in [0, 0.05) is 115 Å². The molecule has 0 spiro atoms. The zero-order chi connectivity index (χ0) is 76.9. The first kappa shape index (κ1) is 69.7. The Balaban J connectivity index is 0.829. The number of hydrogen-bond acceptors (Lipinski definition) is 12. The van der Waals surface area contributed by atoms with Crippen LogP contribution in [-0.4, -0.2) is 38.9 Å². The van der Waals surface area contributed by atoms with Gasteiger partial charge in [0.1, 0.15) is 0 Å². The molecule has 21 rings (SSSR count). The Hall–Kier alpha value is -12.3. The maximum absolute atomic E-state index is 4.31. The van der Waals surface area contributed by atoms with E-state index in [9.17, 15) is 0 Å². The van der Waals surface area contributed by atoms with E-state index >= 15 is 0 Å². The zero-order valence-corrected chi connectivity index (χ0v) is 67.5. The van der Waals surface area contributed by atoms with Crippen molar-refractivity contribution in [2.75, 3.05) is 61.5 Å². The average Bonchev–Trinajstić information content (AvgIpc) is 0.682. The second-order valence-electron chi connectivity index (χ2n) is 31.0. The first-order valence-corrected chi connectivity index (χ1v) is 42.8. The lowest BCUT2D eigenvalue weighted by Gasteiger charge is -2.47. The highest BCUT2D eigenvalue weighted by atomic mass is 32.2. The summed E-state index contributed by atoms with van der Waals surface area (Å²) in [7, 11) is 0. The van der Waals surface area contributed by atoms with Gasteiger partial charge in [-0.2, -0.15) is 0 Å². The molecule has 0 atom stereocenters. The van der Waals surface area contributed by atoms with Crippen molar-refractivity contribution in [1.29, 1.82) is 0 Å². The van der Waals surface area contributed by atoms with Crippen LogP contribution in [-0.2, 0) is 0 Å². The van der Waals surface area contributed by atoms with Crippen molar-refractivity contribution >= 4 is 236 Å². The van der Waals surface area contributed by atoms with Crippen LogP contribution in [0.15, 0.2) is 315 Å². The van der Waals surface area contributed by atoms with Crippen LogP contribution >= 0.6 is 35.8 Å². The molecule has 6 heterocycles. The summed E-state index contributed by atoms with van der Waals surface area (Å²) in [4.78, 5) is 12.4. The summed E-state index contributed by atoms with van der Waals surface area (Å²) in [5.41, 5.74) is 44.5. The highest BCUT2D eigenvalue weighted by molar-refractivity contribution is 8.01. The second kappa shape index (κ2) is 27.5. The summed E-state index contributed by atoms with van der Waals surface area (Å²) in [5, 5.41) is 4.31. The normalized spacial score (nSPS) is 13.3. The molecule has 0 fully saturated rings. The number of nitrogens with zero attached hydrogens (tertiary/aromatic N) is 8. The third-order valence-corrected chi connectivity index (χ3v) is 26.3. The molecule has 0 aliphatic carbocycles. The van der Waals surface area contributed by atoms with Gasteiger partial charge in [-0.1, -0.05) is 191 Å². The number of para-hydroxylation sites is 4. The van der Waals surface area contributed by atoms with Gasteiger partial charge in [-0.3, -0.25) is 12.9 Å². The number of nitrogens with one attached hydrogen (secondary N) is 1. The molecule has 15 heteroatoms. The summed E-state index contributed by atoms with van der Waals surface area (Å²) in [5.74, 6) is 0. The van der Waals surface area contributed by atoms with E-state index in [0.29, 0.717) is 0 Å². The molecule has 114 heavy (non-hydrogen) atoms. The lowest BCUT2D eigenvalue weighted by Crippen LogP contribution is -2.66. The van der Waals surface area contributed by atoms with E-state index < -0.39 is 0 Å². The van der Waals surface area contributed by atoms with Crippen molar-refractivity contribution in [3.05, 3.63) is 349 Å². The molecule has 9 nitrogen and oxygen atoms in total. The fourth-order valence-electron chi connectivity index (χ4n) is 18.8. The number of benzene rings is 15. The standard InChI is InChI=1S/C99H80B3N9S3/c1-62-28-40-70(41-29-62)104(71-42-30-63(2)31-43-71)76-52-86-97-92(53-76)107(68-20-12-10-13-21-68)87-26-18-16-24-79(87)100(97)81-58-82-89(60-85(81)103-86)109(112-7)95-56-78(106(74-48-36-66(5)37-49-74)75-50-38-67(6)39-51-75)57-96-99(95)102(82)84-59-83-90(61-91(84)111(96)114-9)110(113-8)94-55-77(105(72-44-32-64(3)33-45-72)73-46-34-65(4)35-47-73)54-93-98(94)101(83)80-25-17-19-27-88(80)108(93)69-22-14-11-15-23-69/h10-61,103H,1-9H3. The van der Waals surface area contributed by atoms with Crippen molar-refractivity contribution in [1.82, 2.24) is 0 Å². The van der Waals surface area contributed by atoms with E-state index in [1.165, 1.54) is 99.6 Å². The minimum absolute atomic E-state index is 0.152. The number of anilines is 23. The number of fused-ring (bicyclic) bond motifs is 12. The van der Waals surface area contributed by atoms with Gasteiger partial charge in [0.05, 0.1) is 34.1 Å². The molecule has 0 saturated heterocycles. The molecule has 0 amide bonds. The fourth-order valence-corrected chi connectivity index (χ4v) is 20.9. The summed E-state index contributed by atoms with van der Waals surface area (Å²) in [6.07, 6.45) is 6.80. The topological polar surface area (TPSA) is 38.0 Å². The second-order valence-corrected chi connectivity index (χ2v) is 33.2. The highest BCUT2D eigenvalue weighted by Gasteiger charge is 2.51. The van der Waals surface area contributed by atoms with Crippen LogP contribution in [0, 0.1) is 41.5 Å². The van der Waals surface area contributed by atoms with Gasteiger partial charge in [0.25, 0.3) is 20.1 Å². The Kier molecular flexibility index (Phi) is 16.8.